The largest absolute Gasteiger partial charge is 0.339 e. The Bertz CT molecular complexity index is 620. The first-order valence-corrected chi connectivity index (χ1v) is 10.3. The molecule has 3 fully saturated rings. The van der Waals surface area contributed by atoms with Crippen LogP contribution in [0.2, 0.25) is 0 Å². The predicted octanol–water partition coefficient (Wildman–Crippen LogP) is 3.00. The van der Waals surface area contributed by atoms with Gasteiger partial charge in [-0.1, -0.05) is 0 Å². The van der Waals surface area contributed by atoms with E-state index in [1.54, 1.807) is 14.2 Å². The first-order valence-electron chi connectivity index (χ1n) is 10.3. The molecule has 2 spiro atoms. The minimum absolute atomic E-state index is 0.00173. The molecule has 0 unspecified atom stereocenters. The minimum atomic E-state index is -0.858. The van der Waals surface area contributed by atoms with E-state index < -0.39 is 11.3 Å². The molecule has 7 heteroatoms. The molecule has 7 nitrogen and oxygen atoms in total. The van der Waals surface area contributed by atoms with Crippen molar-refractivity contribution in [2.75, 3.05) is 14.2 Å². The van der Waals surface area contributed by atoms with Crippen molar-refractivity contribution in [3.8, 4) is 0 Å². The molecule has 162 valence electrons. The number of ether oxygens (including phenoxy) is 1. The van der Waals surface area contributed by atoms with Gasteiger partial charge < -0.3 is 19.7 Å². The van der Waals surface area contributed by atoms with E-state index >= 15 is 0 Å². The van der Waals surface area contributed by atoms with Crippen LogP contribution in [-0.4, -0.2) is 63.7 Å². The van der Waals surface area contributed by atoms with Crippen LogP contribution in [0.4, 0.5) is 0 Å². The summed E-state index contributed by atoms with van der Waals surface area (Å²) in [5.41, 5.74) is -2.79. The summed E-state index contributed by atoms with van der Waals surface area (Å²) in [6.45, 7) is 17.0. The van der Waals surface area contributed by atoms with Gasteiger partial charge in [0.15, 0.2) is 5.60 Å². The number of piperidine rings is 2. The number of amides is 1. The maximum absolute atomic E-state index is 13.4. The molecule has 0 saturated carbocycles. The molecule has 3 aliphatic heterocycles. The van der Waals surface area contributed by atoms with E-state index in [9.17, 15) is 4.79 Å². The van der Waals surface area contributed by atoms with Crippen LogP contribution in [0.15, 0.2) is 0 Å². The predicted molar refractivity (Wildman–Crippen MR) is 107 cm³/mol. The number of hydroxylamine groups is 4. The van der Waals surface area contributed by atoms with Crippen molar-refractivity contribution in [2.45, 2.75) is 115 Å². The van der Waals surface area contributed by atoms with Crippen molar-refractivity contribution in [3.63, 3.8) is 0 Å². The van der Waals surface area contributed by atoms with E-state index in [4.69, 9.17) is 14.4 Å². The lowest BCUT2D eigenvalue weighted by Gasteiger charge is -2.58. The van der Waals surface area contributed by atoms with Crippen LogP contribution >= 0.6 is 0 Å². The van der Waals surface area contributed by atoms with E-state index in [1.807, 2.05) is 10.1 Å². The van der Waals surface area contributed by atoms with E-state index in [0.717, 1.165) is 0 Å². The van der Waals surface area contributed by atoms with Gasteiger partial charge in [0.1, 0.15) is 5.72 Å². The minimum Gasteiger partial charge on any atom is -0.339 e. The number of hydrogen-bond acceptors (Lipinski definition) is 6. The third-order valence-electron chi connectivity index (χ3n) is 6.58. The Hall–Kier alpha value is -0.730. The average molecular weight is 398 g/mol. The van der Waals surface area contributed by atoms with Gasteiger partial charge in [-0.2, -0.15) is 10.1 Å². The van der Waals surface area contributed by atoms with Gasteiger partial charge in [0.2, 0.25) is 0 Å². The molecule has 0 bridgehead atoms. The Morgan fingerprint density at radius 2 is 1.11 bits per heavy atom. The molecule has 3 rings (SSSR count). The van der Waals surface area contributed by atoms with E-state index in [-0.39, 0.29) is 28.1 Å². The van der Waals surface area contributed by atoms with Gasteiger partial charge in [-0.25, -0.2) is 0 Å². The summed E-state index contributed by atoms with van der Waals surface area (Å²) < 4.78 is 6.83. The van der Waals surface area contributed by atoms with Gasteiger partial charge >= 0.3 is 0 Å². The van der Waals surface area contributed by atoms with Crippen molar-refractivity contribution in [3.05, 3.63) is 0 Å². The summed E-state index contributed by atoms with van der Waals surface area (Å²) in [7, 11) is 3.41. The second-order valence-corrected chi connectivity index (χ2v) is 11.5. The monoisotopic (exact) mass is 397 g/mol. The Labute approximate surface area is 170 Å². The number of nitrogens with one attached hydrogen (secondary N) is 1. The Morgan fingerprint density at radius 1 is 0.750 bits per heavy atom. The fourth-order valence-electron chi connectivity index (χ4n) is 6.99. The zero-order valence-corrected chi connectivity index (χ0v) is 19.4. The van der Waals surface area contributed by atoms with Crippen LogP contribution in [0.3, 0.4) is 0 Å². The zero-order chi connectivity index (χ0) is 21.4. The van der Waals surface area contributed by atoms with Gasteiger partial charge in [-0.05, 0) is 55.4 Å². The number of carbonyl (C=O) groups excluding carboxylic acids is 1. The van der Waals surface area contributed by atoms with E-state index in [2.05, 4.69) is 60.7 Å². The van der Waals surface area contributed by atoms with Crippen LogP contribution in [0, 0.1) is 0 Å². The highest BCUT2D eigenvalue weighted by atomic mass is 16.7. The fraction of sp³-hybridized carbons (Fsp3) is 0.952. The second kappa shape index (κ2) is 6.14. The molecule has 3 aliphatic rings. The van der Waals surface area contributed by atoms with Gasteiger partial charge in [-0.3, -0.25) is 4.79 Å². The van der Waals surface area contributed by atoms with Crippen LogP contribution in [-0.2, 0) is 19.2 Å². The molecule has 1 N–H and O–H groups in total. The Morgan fingerprint density at radius 3 is 1.46 bits per heavy atom. The third-order valence-corrected chi connectivity index (χ3v) is 6.58. The van der Waals surface area contributed by atoms with E-state index in [1.165, 1.54) is 0 Å². The van der Waals surface area contributed by atoms with Crippen molar-refractivity contribution < 1.29 is 19.2 Å². The highest BCUT2D eigenvalue weighted by Crippen LogP contribution is 2.53. The number of hydrogen-bond donors (Lipinski definition) is 1. The topological polar surface area (TPSA) is 63.3 Å². The average Bonchev–Trinajstić information content (AvgIpc) is 2.63. The highest BCUT2D eigenvalue weighted by Gasteiger charge is 2.67. The molecular weight excluding hydrogens is 358 g/mol. The van der Waals surface area contributed by atoms with Crippen LogP contribution < -0.4 is 5.32 Å². The summed E-state index contributed by atoms with van der Waals surface area (Å²) in [6, 6.07) is 0. The van der Waals surface area contributed by atoms with Gasteiger partial charge in [0.05, 0.1) is 14.2 Å². The maximum atomic E-state index is 13.4. The fourth-order valence-corrected chi connectivity index (χ4v) is 6.99. The summed E-state index contributed by atoms with van der Waals surface area (Å²) in [5.74, 6) is 0.00173. The van der Waals surface area contributed by atoms with Crippen LogP contribution in [0.1, 0.15) is 81.1 Å². The lowest BCUT2D eigenvalue weighted by molar-refractivity contribution is -0.321. The molecule has 3 heterocycles. The summed E-state index contributed by atoms with van der Waals surface area (Å²) >= 11 is 0. The molecular formula is C21H39N3O4. The summed E-state index contributed by atoms with van der Waals surface area (Å²) in [5, 5.41) is 7.33. The van der Waals surface area contributed by atoms with Crippen LogP contribution in [0.25, 0.3) is 0 Å². The van der Waals surface area contributed by atoms with Gasteiger partial charge in [-0.15, -0.1) is 0 Å². The molecule has 0 atom stereocenters. The first kappa shape index (κ1) is 22.0. The highest BCUT2D eigenvalue weighted by molar-refractivity contribution is 5.88. The maximum Gasteiger partial charge on any atom is 0.254 e. The quantitative estimate of drug-likeness (QED) is 0.773. The van der Waals surface area contributed by atoms with Crippen molar-refractivity contribution in [1.29, 1.82) is 0 Å². The van der Waals surface area contributed by atoms with Crippen LogP contribution in [0.5, 0.6) is 0 Å². The standard InChI is InChI=1S/C21H39N3O4/c1-16(2)11-20(12-17(3,4)23(16)26-9)15(25)22-21(28-20)13-18(5,6)24(27-10)19(7,8)14-21/h11-14H2,1-10H3,(H,22,25). The number of rotatable bonds is 2. The van der Waals surface area contributed by atoms with Gasteiger partial charge in [0.25, 0.3) is 5.91 Å². The molecule has 0 aromatic heterocycles. The van der Waals surface area contributed by atoms with E-state index in [0.29, 0.717) is 25.7 Å². The molecule has 0 radical (unpaired) electrons. The SMILES string of the molecule is CON1C(C)(C)CC2(CC1(C)C)NC(=O)C1(CC(C)(C)N(OC)C(C)(C)C1)O2. The second-order valence-electron chi connectivity index (χ2n) is 11.5. The summed E-state index contributed by atoms with van der Waals surface area (Å²) in [4.78, 5) is 24.9. The molecule has 1 amide bonds. The van der Waals surface area contributed by atoms with Crippen molar-refractivity contribution >= 4 is 5.91 Å². The zero-order valence-electron chi connectivity index (χ0n) is 19.4. The molecule has 0 aromatic carbocycles. The molecule has 28 heavy (non-hydrogen) atoms. The first-order chi connectivity index (χ1) is 12.5. The lowest BCUT2D eigenvalue weighted by atomic mass is 9.72. The molecule has 0 aliphatic carbocycles. The normalized spacial score (nSPS) is 32.6. The Balaban J connectivity index is 1.98. The molecule has 3 saturated heterocycles. The van der Waals surface area contributed by atoms with Crippen molar-refractivity contribution in [1.82, 2.24) is 15.4 Å². The molecule has 0 aromatic rings. The number of carbonyl (C=O) groups is 1. The van der Waals surface area contributed by atoms with Crippen molar-refractivity contribution in [2.24, 2.45) is 0 Å². The third kappa shape index (κ3) is 3.19. The summed E-state index contributed by atoms with van der Waals surface area (Å²) in [6.07, 6.45) is 2.50. The smallest absolute Gasteiger partial charge is 0.254 e. The van der Waals surface area contributed by atoms with Gasteiger partial charge in [0, 0.05) is 47.8 Å². The number of nitrogens with zero attached hydrogens (tertiary/aromatic N) is 2. The lowest BCUT2D eigenvalue weighted by Crippen LogP contribution is -2.68. The Kier molecular flexibility index (Phi) is 4.82.